The molecule has 0 radical (unpaired) electrons. The maximum Gasteiger partial charge on any atom is 0.407 e. The predicted molar refractivity (Wildman–Crippen MR) is 184 cm³/mol. The zero-order chi connectivity index (χ0) is 35.0. The molecule has 2 aliphatic heterocycles. The molecule has 2 aromatic rings. The van der Waals surface area contributed by atoms with Crippen LogP contribution in [0.2, 0.25) is 0 Å². The fourth-order valence-electron chi connectivity index (χ4n) is 5.93. The smallest absolute Gasteiger partial charge is 0.407 e. The van der Waals surface area contributed by atoms with Gasteiger partial charge in [0.1, 0.15) is 12.1 Å². The van der Waals surface area contributed by atoms with Gasteiger partial charge >= 0.3 is 12.1 Å². The normalized spacial score (nSPS) is 15.5. The second kappa shape index (κ2) is 15.8. The molecular formula is C36H48N6O6. The maximum absolute atomic E-state index is 13.8. The van der Waals surface area contributed by atoms with E-state index in [-0.39, 0.29) is 49.1 Å². The van der Waals surface area contributed by atoms with Gasteiger partial charge in [0, 0.05) is 57.7 Å². The first-order valence-corrected chi connectivity index (χ1v) is 16.4. The molecule has 2 aromatic carbocycles. The first kappa shape index (κ1) is 36.0. The standard InChI is InChI=1S/C36H48N6O6/c1-25-10-9-12-29(26(25)2)30(33(45)39(6)21-17-37-35(47)48-36(3,4)5)22-40(24-43)23-32(44)41-18-15-28(16-19-41)42-20-14-27-11-7-8-13-31(27)38-34(42)46/h7-13,22,24,28H,14-21,23H2,1-6H3,(H,37,47)(H,38,46)/b30-22-. The summed E-state index contributed by atoms with van der Waals surface area (Å²) >= 11 is 0. The lowest BCUT2D eigenvalue weighted by Gasteiger charge is -2.38. The number of carbonyl (C=O) groups is 5. The average Bonchev–Trinajstić information content (AvgIpc) is 3.21. The molecule has 0 atom stereocenters. The number of aryl methyl sites for hydroxylation is 1. The summed E-state index contributed by atoms with van der Waals surface area (Å²) in [5.41, 5.74) is 4.03. The number of likely N-dealkylation sites (tertiary alicyclic amines) is 1. The highest BCUT2D eigenvalue weighted by molar-refractivity contribution is 6.20. The molecular weight excluding hydrogens is 612 g/mol. The molecule has 6 amide bonds. The summed E-state index contributed by atoms with van der Waals surface area (Å²) in [5, 5.41) is 5.67. The second-order valence-electron chi connectivity index (χ2n) is 13.4. The first-order chi connectivity index (χ1) is 22.8. The summed E-state index contributed by atoms with van der Waals surface area (Å²) in [6, 6.07) is 13.3. The lowest BCUT2D eigenvalue weighted by molar-refractivity contribution is -0.135. The van der Waals surface area contributed by atoms with Crippen molar-refractivity contribution in [3.8, 4) is 0 Å². The average molecular weight is 661 g/mol. The van der Waals surface area contributed by atoms with Crippen molar-refractivity contribution in [2.24, 2.45) is 0 Å². The van der Waals surface area contributed by atoms with Crippen LogP contribution < -0.4 is 10.6 Å². The zero-order valence-corrected chi connectivity index (χ0v) is 28.9. The van der Waals surface area contributed by atoms with E-state index in [1.165, 1.54) is 16.0 Å². The van der Waals surface area contributed by atoms with Crippen molar-refractivity contribution in [1.82, 2.24) is 24.9 Å². The van der Waals surface area contributed by atoms with Crippen molar-refractivity contribution >= 4 is 41.6 Å². The van der Waals surface area contributed by atoms with Gasteiger partial charge in [-0.2, -0.15) is 0 Å². The summed E-state index contributed by atoms with van der Waals surface area (Å²) in [6.07, 6.45) is 3.40. The number of rotatable bonds is 10. The second-order valence-corrected chi connectivity index (χ2v) is 13.4. The van der Waals surface area contributed by atoms with Gasteiger partial charge in [-0.1, -0.05) is 36.4 Å². The minimum Gasteiger partial charge on any atom is -0.444 e. The van der Waals surface area contributed by atoms with E-state index in [1.54, 1.807) is 32.7 Å². The number of ether oxygens (including phenoxy) is 1. The SMILES string of the molecule is Cc1cccc(/C(=C/N(C=O)CC(=O)N2CCC(N3CCc4ccccc4NC3=O)CC2)C(=O)N(C)CCNC(=O)OC(C)(C)C)c1C. The Morgan fingerprint density at radius 1 is 1.04 bits per heavy atom. The highest BCUT2D eigenvalue weighted by atomic mass is 16.6. The monoisotopic (exact) mass is 660 g/mol. The topological polar surface area (TPSA) is 132 Å². The van der Waals surface area contributed by atoms with Gasteiger partial charge in [0.2, 0.25) is 12.3 Å². The molecule has 0 bridgehead atoms. The Labute approximate surface area is 283 Å². The molecule has 4 rings (SSSR count). The fraction of sp³-hybridized carbons (Fsp3) is 0.472. The largest absolute Gasteiger partial charge is 0.444 e. The third-order valence-electron chi connectivity index (χ3n) is 8.74. The number of para-hydroxylation sites is 1. The number of hydrogen-bond donors (Lipinski definition) is 2. The number of anilines is 1. The molecule has 0 aromatic heterocycles. The van der Waals surface area contributed by atoms with Crippen LogP contribution in [0.4, 0.5) is 15.3 Å². The molecule has 1 fully saturated rings. The molecule has 2 N–H and O–H groups in total. The van der Waals surface area contributed by atoms with E-state index in [2.05, 4.69) is 10.6 Å². The molecule has 0 spiro atoms. The number of amides is 6. The quantitative estimate of drug-likeness (QED) is 0.291. The van der Waals surface area contributed by atoms with Crippen LogP contribution in [0.3, 0.4) is 0 Å². The molecule has 258 valence electrons. The number of fused-ring (bicyclic) bond motifs is 1. The number of benzene rings is 2. The minimum absolute atomic E-state index is 0.000651. The first-order valence-electron chi connectivity index (χ1n) is 16.4. The van der Waals surface area contributed by atoms with Crippen molar-refractivity contribution in [3.63, 3.8) is 0 Å². The van der Waals surface area contributed by atoms with E-state index in [1.807, 2.05) is 61.2 Å². The van der Waals surface area contributed by atoms with Gasteiger partial charge in [-0.05, 0) is 82.2 Å². The Morgan fingerprint density at radius 2 is 1.75 bits per heavy atom. The predicted octanol–water partition coefficient (Wildman–Crippen LogP) is 4.17. The summed E-state index contributed by atoms with van der Waals surface area (Å²) in [5.74, 6) is -0.611. The lowest BCUT2D eigenvalue weighted by Crippen LogP contribution is -2.51. The van der Waals surface area contributed by atoms with Crippen molar-refractivity contribution < 1.29 is 28.7 Å². The van der Waals surface area contributed by atoms with Crippen LogP contribution in [-0.2, 0) is 25.5 Å². The van der Waals surface area contributed by atoms with Crippen molar-refractivity contribution in [1.29, 1.82) is 0 Å². The molecule has 0 saturated carbocycles. The van der Waals surface area contributed by atoms with Crippen LogP contribution in [0.25, 0.3) is 5.57 Å². The number of nitrogens with one attached hydrogen (secondary N) is 2. The lowest BCUT2D eigenvalue weighted by atomic mass is 9.96. The number of carbonyl (C=O) groups excluding carboxylic acids is 5. The van der Waals surface area contributed by atoms with Gasteiger partial charge in [-0.25, -0.2) is 9.59 Å². The Bertz CT molecular complexity index is 1540. The van der Waals surface area contributed by atoms with E-state index < -0.39 is 11.7 Å². The molecule has 0 aliphatic carbocycles. The van der Waals surface area contributed by atoms with Crippen LogP contribution in [0.5, 0.6) is 0 Å². The molecule has 0 unspecified atom stereocenters. The number of piperidine rings is 1. The van der Waals surface area contributed by atoms with E-state index in [4.69, 9.17) is 4.74 Å². The van der Waals surface area contributed by atoms with E-state index in [9.17, 15) is 24.0 Å². The number of nitrogens with zero attached hydrogens (tertiary/aromatic N) is 4. The summed E-state index contributed by atoms with van der Waals surface area (Å²) in [7, 11) is 1.61. The zero-order valence-electron chi connectivity index (χ0n) is 28.9. The maximum atomic E-state index is 13.8. The number of alkyl carbamates (subject to hydrolysis) is 1. The summed E-state index contributed by atoms with van der Waals surface area (Å²) in [6.45, 7) is 10.8. The highest BCUT2D eigenvalue weighted by Gasteiger charge is 2.32. The Morgan fingerprint density at radius 3 is 2.44 bits per heavy atom. The Kier molecular flexibility index (Phi) is 11.9. The van der Waals surface area contributed by atoms with Gasteiger partial charge in [0.15, 0.2) is 0 Å². The van der Waals surface area contributed by atoms with Crippen LogP contribution in [0.1, 0.15) is 55.9 Å². The van der Waals surface area contributed by atoms with E-state index in [0.29, 0.717) is 44.4 Å². The van der Waals surface area contributed by atoms with E-state index in [0.717, 1.165) is 28.8 Å². The van der Waals surface area contributed by atoms with Gasteiger partial charge in [0.05, 0.1) is 5.57 Å². The number of hydrogen-bond acceptors (Lipinski definition) is 6. The van der Waals surface area contributed by atoms with Crippen molar-refractivity contribution in [2.45, 2.75) is 65.5 Å². The van der Waals surface area contributed by atoms with E-state index >= 15 is 0 Å². The van der Waals surface area contributed by atoms with Gasteiger partial charge < -0.3 is 35.0 Å². The summed E-state index contributed by atoms with van der Waals surface area (Å²) < 4.78 is 5.27. The van der Waals surface area contributed by atoms with Crippen LogP contribution in [0, 0.1) is 13.8 Å². The molecule has 1 saturated heterocycles. The Hall–Kier alpha value is -4.87. The van der Waals surface area contributed by atoms with Gasteiger partial charge in [-0.3, -0.25) is 14.4 Å². The molecule has 2 heterocycles. The number of urea groups is 1. The number of likely N-dealkylation sites (N-methyl/N-ethyl adjacent to an activating group) is 1. The third-order valence-corrected chi connectivity index (χ3v) is 8.74. The van der Waals surface area contributed by atoms with Crippen LogP contribution in [0.15, 0.2) is 48.7 Å². The van der Waals surface area contributed by atoms with Gasteiger partial charge in [0.25, 0.3) is 5.91 Å². The molecule has 12 heteroatoms. The summed E-state index contributed by atoms with van der Waals surface area (Å²) in [4.78, 5) is 70.8. The minimum atomic E-state index is -0.646. The molecule has 12 nitrogen and oxygen atoms in total. The van der Waals surface area contributed by atoms with Crippen LogP contribution >= 0.6 is 0 Å². The van der Waals surface area contributed by atoms with Gasteiger partial charge in [-0.15, -0.1) is 0 Å². The molecule has 48 heavy (non-hydrogen) atoms. The fourth-order valence-corrected chi connectivity index (χ4v) is 5.93. The Balaban J connectivity index is 1.41. The van der Waals surface area contributed by atoms with Crippen molar-refractivity contribution in [3.05, 3.63) is 70.9 Å². The highest BCUT2D eigenvalue weighted by Crippen LogP contribution is 2.26. The van der Waals surface area contributed by atoms with Crippen molar-refractivity contribution in [2.75, 3.05) is 51.6 Å². The van der Waals surface area contributed by atoms with Crippen LogP contribution in [-0.4, -0.2) is 108 Å². The third kappa shape index (κ3) is 9.36. The molecule has 2 aliphatic rings.